The normalized spacial score (nSPS) is 30.1. The van der Waals surface area contributed by atoms with Crippen molar-refractivity contribution in [3.63, 3.8) is 0 Å². The number of hydrogen-bond donors (Lipinski definition) is 0. The number of fused-ring (bicyclic) bond motifs is 8. The van der Waals surface area contributed by atoms with Gasteiger partial charge in [-0.3, -0.25) is 0 Å². The van der Waals surface area contributed by atoms with Crippen LogP contribution in [0.3, 0.4) is 0 Å². The Morgan fingerprint density at radius 2 is 1.86 bits per heavy atom. The molecule has 1 spiro atoms. The molecule has 1 aromatic heterocycles. The van der Waals surface area contributed by atoms with Gasteiger partial charge in [-0.05, 0) is 85.6 Å². The van der Waals surface area contributed by atoms with Gasteiger partial charge < -0.3 is 14.2 Å². The molecule has 3 heterocycles. The standard InChI is InChI=1S/C34H34N2O/c1-5-36-29-24(13-12-23-22-9-7-6-8-20(22)16-25(23)29)26-18-33(3)27-17-21-11-10-19(2)31-28(21)34(33,14-15-35(27)4)32(37-31)30(26)36/h6-13,27,32H,5,14-18H2,1-4H3/t27-,32+,33+,34+/m1/s1. The Kier molecular flexibility index (Phi) is 3.68. The van der Waals surface area contributed by atoms with E-state index >= 15 is 0 Å². The average molecular weight is 487 g/mol. The Bertz CT molecular complexity index is 1690. The van der Waals surface area contributed by atoms with Crippen molar-refractivity contribution < 1.29 is 4.74 Å². The minimum absolute atomic E-state index is 0.0551. The van der Waals surface area contributed by atoms with E-state index in [4.69, 9.17) is 4.74 Å². The van der Waals surface area contributed by atoms with Crippen LogP contribution in [0.5, 0.6) is 5.75 Å². The van der Waals surface area contributed by atoms with Crippen molar-refractivity contribution in [1.29, 1.82) is 0 Å². The van der Waals surface area contributed by atoms with Crippen LogP contribution in [0.2, 0.25) is 0 Å². The lowest BCUT2D eigenvalue weighted by Crippen LogP contribution is -2.68. The van der Waals surface area contributed by atoms with Gasteiger partial charge in [0.05, 0.1) is 16.6 Å². The van der Waals surface area contributed by atoms with E-state index < -0.39 is 0 Å². The van der Waals surface area contributed by atoms with Gasteiger partial charge in [-0.15, -0.1) is 0 Å². The van der Waals surface area contributed by atoms with Gasteiger partial charge in [0, 0.05) is 35.4 Å². The number of ether oxygens (including phenoxy) is 1. The molecule has 4 atom stereocenters. The van der Waals surface area contributed by atoms with Crippen LogP contribution in [0.1, 0.15) is 65.4 Å². The van der Waals surface area contributed by atoms with E-state index in [2.05, 4.69) is 85.8 Å². The maximum absolute atomic E-state index is 7.25. The van der Waals surface area contributed by atoms with Crippen LogP contribution in [-0.2, 0) is 31.2 Å². The minimum atomic E-state index is 0.0551. The molecule has 2 aliphatic heterocycles. The van der Waals surface area contributed by atoms with Gasteiger partial charge in [-0.1, -0.05) is 55.5 Å². The largest absolute Gasteiger partial charge is 0.483 e. The van der Waals surface area contributed by atoms with Gasteiger partial charge >= 0.3 is 0 Å². The molecule has 3 aromatic carbocycles. The molecule has 0 amide bonds. The first-order valence-electron chi connectivity index (χ1n) is 14.2. The van der Waals surface area contributed by atoms with Gasteiger partial charge in [-0.25, -0.2) is 0 Å². The second-order valence-corrected chi connectivity index (χ2v) is 12.7. The number of benzene rings is 3. The summed E-state index contributed by atoms with van der Waals surface area (Å²) in [7, 11) is 2.36. The smallest absolute Gasteiger partial charge is 0.149 e. The van der Waals surface area contributed by atoms with Crippen molar-refractivity contribution in [2.75, 3.05) is 13.6 Å². The molecule has 1 fully saturated rings. The summed E-state index contributed by atoms with van der Waals surface area (Å²) in [6.45, 7) is 9.34. The first-order valence-corrected chi connectivity index (χ1v) is 14.2. The quantitative estimate of drug-likeness (QED) is 0.261. The van der Waals surface area contributed by atoms with Crippen molar-refractivity contribution >= 4 is 10.9 Å². The molecule has 3 heteroatoms. The number of rotatable bonds is 1. The Labute approximate surface area is 219 Å². The lowest BCUT2D eigenvalue weighted by atomic mass is 9.44. The highest BCUT2D eigenvalue weighted by Crippen LogP contribution is 2.71. The Balaban J connectivity index is 1.38. The summed E-state index contributed by atoms with van der Waals surface area (Å²) in [5.74, 6) is 1.20. The van der Waals surface area contributed by atoms with Gasteiger partial charge in [0.25, 0.3) is 0 Å². The van der Waals surface area contributed by atoms with E-state index in [1.165, 1.54) is 62.1 Å². The molecule has 4 aromatic rings. The van der Waals surface area contributed by atoms with Crippen LogP contribution in [0.4, 0.5) is 0 Å². The van der Waals surface area contributed by atoms with Crippen molar-refractivity contribution in [3.8, 4) is 16.9 Å². The second kappa shape index (κ2) is 6.50. The minimum Gasteiger partial charge on any atom is -0.483 e. The third-order valence-corrected chi connectivity index (χ3v) is 11.4. The van der Waals surface area contributed by atoms with Crippen LogP contribution in [0.25, 0.3) is 22.0 Å². The average Bonchev–Trinajstić information content (AvgIpc) is 3.54. The summed E-state index contributed by atoms with van der Waals surface area (Å²) in [6, 6.07) is 19.1. The van der Waals surface area contributed by atoms with E-state index in [-0.39, 0.29) is 16.9 Å². The third-order valence-electron chi connectivity index (χ3n) is 11.4. The molecule has 2 bridgehead atoms. The number of aryl methyl sites for hydroxylation is 2. The molecule has 186 valence electrons. The van der Waals surface area contributed by atoms with Crippen LogP contribution in [0.15, 0.2) is 48.5 Å². The zero-order valence-electron chi connectivity index (χ0n) is 22.3. The first-order chi connectivity index (χ1) is 18.0. The molecule has 0 saturated carbocycles. The third kappa shape index (κ3) is 2.12. The van der Waals surface area contributed by atoms with Gasteiger partial charge in [0.2, 0.25) is 0 Å². The highest BCUT2D eigenvalue weighted by atomic mass is 16.5. The van der Waals surface area contributed by atoms with Crippen LogP contribution in [0, 0.1) is 12.3 Å². The van der Waals surface area contributed by atoms with E-state index in [9.17, 15) is 0 Å². The number of nitrogens with zero attached hydrogens (tertiary/aromatic N) is 2. The van der Waals surface area contributed by atoms with Crippen molar-refractivity contribution in [3.05, 3.63) is 87.6 Å². The lowest BCUT2D eigenvalue weighted by Gasteiger charge is -2.64. The Morgan fingerprint density at radius 3 is 2.73 bits per heavy atom. The summed E-state index contributed by atoms with van der Waals surface area (Å²) >= 11 is 0. The summed E-state index contributed by atoms with van der Waals surface area (Å²) in [4.78, 5) is 2.67. The molecule has 3 aliphatic carbocycles. The zero-order valence-corrected chi connectivity index (χ0v) is 22.3. The number of hydrogen-bond acceptors (Lipinski definition) is 2. The predicted molar refractivity (Wildman–Crippen MR) is 149 cm³/mol. The monoisotopic (exact) mass is 486 g/mol. The van der Waals surface area contributed by atoms with Gasteiger partial charge in [0.1, 0.15) is 11.9 Å². The van der Waals surface area contributed by atoms with Crippen LogP contribution >= 0.6 is 0 Å². The van der Waals surface area contributed by atoms with E-state index in [1.54, 1.807) is 11.1 Å². The predicted octanol–water partition coefficient (Wildman–Crippen LogP) is 6.73. The maximum Gasteiger partial charge on any atom is 0.149 e. The van der Waals surface area contributed by atoms with Crippen LogP contribution in [-0.4, -0.2) is 29.1 Å². The topological polar surface area (TPSA) is 17.4 Å². The fraction of sp³-hybridized carbons (Fsp3) is 0.412. The van der Waals surface area contributed by atoms with Crippen molar-refractivity contribution in [2.24, 2.45) is 5.41 Å². The molecule has 0 radical (unpaired) electrons. The fourth-order valence-corrected chi connectivity index (χ4v) is 9.81. The number of piperidine rings is 1. The van der Waals surface area contributed by atoms with Crippen molar-refractivity contribution in [2.45, 2.75) is 70.6 Å². The van der Waals surface area contributed by atoms with Crippen LogP contribution < -0.4 is 4.74 Å². The number of aromatic nitrogens is 1. The fourth-order valence-electron chi connectivity index (χ4n) is 9.81. The molecule has 5 aliphatic rings. The summed E-state index contributed by atoms with van der Waals surface area (Å²) in [5.41, 5.74) is 15.0. The highest BCUT2D eigenvalue weighted by molar-refractivity contribution is 5.97. The lowest BCUT2D eigenvalue weighted by molar-refractivity contribution is -0.0913. The molecule has 0 unspecified atom stereocenters. The molecule has 0 N–H and O–H groups in total. The molecule has 3 nitrogen and oxygen atoms in total. The first kappa shape index (κ1) is 21.0. The SMILES string of the molecule is CCn1c2c(c3ccc4c(c31)Cc1ccccc1-4)C[C@@]1(C)[C@H]3Cc4ccc(C)c5c4[C@@]1(CCN3C)[C@H]2O5. The molecule has 1 saturated heterocycles. The highest BCUT2D eigenvalue weighted by Gasteiger charge is 2.70. The summed E-state index contributed by atoms with van der Waals surface area (Å²) < 4.78 is 9.93. The Morgan fingerprint density at radius 1 is 1.00 bits per heavy atom. The number of likely N-dealkylation sites (tertiary alicyclic amines) is 1. The van der Waals surface area contributed by atoms with Gasteiger partial charge in [0.15, 0.2) is 0 Å². The molecule has 37 heavy (non-hydrogen) atoms. The van der Waals surface area contributed by atoms with Gasteiger partial charge in [-0.2, -0.15) is 0 Å². The van der Waals surface area contributed by atoms with E-state index in [1.807, 2.05) is 0 Å². The Hall–Kier alpha value is -3.04. The second-order valence-electron chi connectivity index (χ2n) is 12.7. The summed E-state index contributed by atoms with van der Waals surface area (Å²) in [5, 5.41) is 1.47. The van der Waals surface area contributed by atoms with E-state index in [0.29, 0.717) is 6.04 Å². The van der Waals surface area contributed by atoms with Crippen molar-refractivity contribution in [1.82, 2.24) is 9.47 Å². The van der Waals surface area contributed by atoms with E-state index in [0.717, 1.165) is 32.4 Å². The molecular weight excluding hydrogens is 452 g/mol. The number of likely N-dealkylation sites (N-methyl/N-ethyl adjacent to an activating group) is 1. The maximum atomic E-state index is 7.25. The molecule has 9 rings (SSSR count). The zero-order chi connectivity index (χ0) is 24.8. The molecular formula is C34H34N2O. The summed E-state index contributed by atoms with van der Waals surface area (Å²) in [6.07, 6.45) is 4.59.